The highest BCUT2D eigenvalue weighted by atomic mass is 32.2. The van der Waals surface area contributed by atoms with Gasteiger partial charge >= 0.3 is 0 Å². The SMILES string of the molecule is CCCCc1ccc(CC(=O)Nc2cc(S(=O)(=O)N(C)C)ccc2OC)cc1. The molecule has 0 bridgehead atoms. The third-order valence-electron chi connectivity index (χ3n) is 4.43. The molecular weight excluding hydrogens is 376 g/mol. The summed E-state index contributed by atoms with van der Waals surface area (Å²) in [6.07, 6.45) is 3.52. The highest BCUT2D eigenvalue weighted by molar-refractivity contribution is 7.89. The number of carbonyl (C=O) groups excluding carboxylic acids is 1. The molecule has 2 rings (SSSR count). The molecule has 7 heteroatoms. The predicted molar refractivity (Wildman–Crippen MR) is 111 cm³/mol. The molecule has 0 aliphatic heterocycles. The fraction of sp³-hybridized carbons (Fsp3) is 0.381. The Labute approximate surface area is 167 Å². The topological polar surface area (TPSA) is 75.7 Å². The van der Waals surface area contributed by atoms with Crippen molar-refractivity contribution in [2.75, 3.05) is 26.5 Å². The van der Waals surface area contributed by atoms with E-state index >= 15 is 0 Å². The van der Waals surface area contributed by atoms with Crippen molar-refractivity contribution in [1.29, 1.82) is 0 Å². The number of nitrogens with one attached hydrogen (secondary N) is 1. The van der Waals surface area contributed by atoms with Crippen molar-refractivity contribution in [1.82, 2.24) is 4.31 Å². The molecule has 1 amide bonds. The monoisotopic (exact) mass is 404 g/mol. The van der Waals surface area contributed by atoms with Gasteiger partial charge in [0.15, 0.2) is 0 Å². The van der Waals surface area contributed by atoms with Gasteiger partial charge in [-0.05, 0) is 42.2 Å². The van der Waals surface area contributed by atoms with Gasteiger partial charge in [-0.2, -0.15) is 0 Å². The van der Waals surface area contributed by atoms with Crippen molar-refractivity contribution in [3.05, 3.63) is 53.6 Å². The Morgan fingerprint density at radius 1 is 1.07 bits per heavy atom. The standard InChI is InChI=1S/C21H28N2O4S/c1-5-6-7-16-8-10-17(11-9-16)14-21(24)22-19-15-18(12-13-20(19)27-4)28(25,26)23(2)3/h8-13,15H,5-7,14H2,1-4H3,(H,22,24). The molecule has 0 fully saturated rings. The quantitative estimate of drug-likeness (QED) is 0.694. The number of unbranched alkanes of at least 4 members (excludes halogenated alkanes) is 1. The lowest BCUT2D eigenvalue weighted by atomic mass is 10.0. The van der Waals surface area contributed by atoms with E-state index < -0.39 is 10.0 Å². The van der Waals surface area contributed by atoms with Crippen LogP contribution < -0.4 is 10.1 Å². The average molecular weight is 405 g/mol. The summed E-state index contributed by atoms with van der Waals surface area (Å²) in [5.41, 5.74) is 2.48. The third kappa shape index (κ3) is 5.56. The molecule has 0 heterocycles. The maximum absolute atomic E-state index is 12.5. The molecule has 2 aromatic carbocycles. The Balaban J connectivity index is 2.14. The fourth-order valence-electron chi connectivity index (χ4n) is 2.74. The molecule has 2 aromatic rings. The molecule has 0 unspecified atom stereocenters. The van der Waals surface area contributed by atoms with Gasteiger partial charge in [0.05, 0.1) is 24.1 Å². The summed E-state index contributed by atoms with van der Waals surface area (Å²) >= 11 is 0. The first-order chi connectivity index (χ1) is 13.3. The van der Waals surface area contributed by atoms with Gasteiger partial charge in [-0.3, -0.25) is 4.79 Å². The molecule has 0 saturated heterocycles. The van der Waals surface area contributed by atoms with E-state index in [9.17, 15) is 13.2 Å². The van der Waals surface area contributed by atoms with Crippen molar-refractivity contribution in [2.45, 2.75) is 37.5 Å². The maximum Gasteiger partial charge on any atom is 0.242 e. The van der Waals surface area contributed by atoms with Crippen LogP contribution in [0.25, 0.3) is 0 Å². The Hall–Kier alpha value is -2.38. The van der Waals surface area contributed by atoms with Crippen molar-refractivity contribution in [2.24, 2.45) is 0 Å². The van der Waals surface area contributed by atoms with Gasteiger partial charge in [0.25, 0.3) is 0 Å². The minimum Gasteiger partial charge on any atom is -0.495 e. The number of ether oxygens (including phenoxy) is 1. The molecule has 28 heavy (non-hydrogen) atoms. The summed E-state index contributed by atoms with van der Waals surface area (Å²) in [5.74, 6) is 0.167. The number of hydrogen-bond acceptors (Lipinski definition) is 4. The number of nitrogens with zero attached hydrogens (tertiary/aromatic N) is 1. The second-order valence-corrected chi connectivity index (χ2v) is 8.95. The lowest BCUT2D eigenvalue weighted by Gasteiger charge is -2.15. The zero-order valence-electron chi connectivity index (χ0n) is 16.9. The van der Waals surface area contributed by atoms with Crippen LogP contribution in [0.4, 0.5) is 5.69 Å². The molecule has 0 aromatic heterocycles. The van der Waals surface area contributed by atoms with Crippen molar-refractivity contribution in [3.63, 3.8) is 0 Å². The first-order valence-electron chi connectivity index (χ1n) is 9.26. The summed E-state index contributed by atoms with van der Waals surface area (Å²) in [6.45, 7) is 2.16. The molecule has 0 saturated carbocycles. The minimum absolute atomic E-state index is 0.0916. The average Bonchev–Trinajstić information content (AvgIpc) is 2.67. The van der Waals surface area contributed by atoms with Crippen molar-refractivity contribution in [3.8, 4) is 5.75 Å². The van der Waals surface area contributed by atoms with Crippen molar-refractivity contribution >= 4 is 21.6 Å². The zero-order chi connectivity index (χ0) is 20.7. The first-order valence-corrected chi connectivity index (χ1v) is 10.7. The highest BCUT2D eigenvalue weighted by Crippen LogP contribution is 2.28. The van der Waals surface area contributed by atoms with Gasteiger partial charge in [0, 0.05) is 14.1 Å². The second kappa shape index (κ2) is 9.71. The summed E-state index contributed by atoms with van der Waals surface area (Å²) in [4.78, 5) is 12.6. The number of carbonyl (C=O) groups is 1. The van der Waals surface area contributed by atoms with Gasteiger partial charge in [-0.15, -0.1) is 0 Å². The predicted octanol–water partition coefficient (Wildman–Crippen LogP) is 3.47. The van der Waals surface area contributed by atoms with Crippen molar-refractivity contribution < 1.29 is 17.9 Å². The molecule has 152 valence electrons. The van der Waals surface area contributed by atoms with Gasteiger partial charge in [0.2, 0.25) is 15.9 Å². The molecule has 0 aliphatic carbocycles. The van der Waals surface area contributed by atoms with Gasteiger partial charge in [-0.25, -0.2) is 12.7 Å². The summed E-state index contributed by atoms with van der Waals surface area (Å²) in [6, 6.07) is 12.4. The summed E-state index contributed by atoms with van der Waals surface area (Å²) < 4.78 is 31.1. The minimum atomic E-state index is -3.61. The first kappa shape index (κ1) is 21.9. The number of amides is 1. The third-order valence-corrected chi connectivity index (χ3v) is 6.24. The van der Waals surface area contributed by atoms with E-state index in [1.807, 2.05) is 24.3 Å². The summed E-state index contributed by atoms with van der Waals surface area (Å²) in [5, 5.41) is 2.76. The Morgan fingerprint density at radius 3 is 2.29 bits per heavy atom. The summed E-state index contributed by atoms with van der Waals surface area (Å²) in [7, 11) is 0.788. The van der Waals surface area contributed by atoms with Gasteiger partial charge in [-0.1, -0.05) is 37.6 Å². The number of aryl methyl sites for hydroxylation is 1. The van der Waals surface area contributed by atoms with E-state index in [2.05, 4.69) is 12.2 Å². The number of sulfonamides is 1. The van der Waals surface area contributed by atoms with Crippen LogP contribution in [0.15, 0.2) is 47.4 Å². The van der Waals surface area contributed by atoms with E-state index in [1.165, 1.54) is 45.0 Å². The lowest BCUT2D eigenvalue weighted by Crippen LogP contribution is -2.22. The number of benzene rings is 2. The van der Waals surface area contributed by atoms with E-state index in [1.54, 1.807) is 0 Å². The molecular formula is C21H28N2O4S. The van der Waals surface area contributed by atoms with Crippen LogP contribution in [0.2, 0.25) is 0 Å². The Kier molecular flexibility index (Phi) is 7.60. The molecule has 1 N–H and O–H groups in total. The van der Waals surface area contributed by atoms with Crippen LogP contribution in [0, 0.1) is 0 Å². The normalized spacial score (nSPS) is 11.5. The number of hydrogen-bond donors (Lipinski definition) is 1. The zero-order valence-corrected chi connectivity index (χ0v) is 17.7. The largest absolute Gasteiger partial charge is 0.495 e. The highest BCUT2D eigenvalue weighted by Gasteiger charge is 2.20. The van der Waals surface area contributed by atoms with Crippen LogP contribution in [-0.2, 0) is 27.7 Å². The van der Waals surface area contributed by atoms with E-state index in [4.69, 9.17) is 4.74 Å². The molecule has 0 spiro atoms. The number of rotatable bonds is 9. The van der Waals surface area contributed by atoms with Crippen LogP contribution in [0.3, 0.4) is 0 Å². The van der Waals surface area contributed by atoms with E-state index in [0.717, 1.165) is 29.1 Å². The Bertz CT molecular complexity index is 907. The molecule has 0 radical (unpaired) electrons. The van der Waals surface area contributed by atoms with E-state index in [0.29, 0.717) is 11.4 Å². The molecule has 0 aliphatic rings. The van der Waals surface area contributed by atoms with Crippen LogP contribution >= 0.6 is 0 Å². The number of methoxy groups -OCH3 is 1. The number of anilines is 1. The smallest absolute Gasteiger partial charge is 0.242 e. The van der Waals surface area contributed by atoms with Crippen LogP contribution in [-0.4, -0.2) is 39.8 Å². The molecule has 0 atom stereocenters. The second-order valence-electron chi connectivity index (χ2n) is 6.79. The van der Waals surface area contributed by atoms with Gasteiger partial charge in [0.1, 0.15) is 5.75 Å². The molecule has 6 nitrogen and oxygen atoms in total. The van der Waals surface area contributed by atoms with Crippen LogP contribution in [0.5, 0.6) is 5.75 Å². The van der Waals surface area contributed by atoms with Crippen LogP contribution in [0.1, 0.15) is 30.9 Å². The lowest BCUT2D eigenvalue weighted by molar-refractivity contribution is -0.115. The van der Waals surface area contributed by atoms with E-state index in [-0.39, 0.29) is 17.2 Å². The maximum atomic E-state index is 12.5. The van der Waals surface area contributed by atoms with Gasteiger partial charge < -0.3 is 10.1 Å². The Morgan fingerprint density at radius 2 is 1.71 bits per heavy atom. The fourth-order valence-corrected chi connectivity index (χ4v) is 3.67.